The van der Waals surface area contributed by atoms with E-state index in [-0.39, 0.29) is 71.4 Å². The van der Waals surface area contributed by atoms with Gasteiger partial charge in [0.05, 0.1) is 26.4 Å². The summed E-state index contributed by atoms with van der Waals surface area (Å²) >= 11 is 0. The molecule has 0 saturated heterocycles. The highest BCUT2D eigenvalue weighted by atomic mass is 16.6. The quantitative estimate of drug-likeness (QED) is 0.0537. The van der Waals surface area contributed by atoms with Gasteiger partial charge in [-0.15, -0.1) is 0 Å². The van der Waals surface area contributed by atoms with Gasteiger partial charge >= 0.3 is 30.0 Å². The summed E-state index contributed by atoms with van der Waals surface area (Å²) in [7, 11) is 0. The van der Waals surface area contributed by atoms with Crippen molar-refractivity contribution in [1.29, 1.82) is 0 Å². The Morgan fingerprint density at radius 2 is 0.943 bits per heavy atom. The molecule has 0 aromatic carbocycles. The third kappa shape index (κ3) is 25.2. The Labute approximate surface area is 313 Å². The Kier molecular flexibility index (Phi) is 25.8. The van der Waals surface area contributed by atoms with E-state index >= 15 is 0 Å². The summed E-state index contributed by atoms with van der Waals surface area (Å²) in [6.07, 6.45) is 2.08. The second-order valence-corrected chi connectivity index (χ2v) is 13.0. The molecule has 304 valence electrons. The lowest BCUT2D eigenvalue weighted by atomic mass is 10.1. The zero-order valence-corrected chi connectivity index (χ0v) is 32.6. The summed E-state index contributed by atoms with van der Waals surface area (Å²) in [6.45, 7) is 12.6. The van der Waals surface area contributed by atoms with Crippen LogP contribution in [0, 0.1) is 0 Å². The first-order valence-corrected chi connectivity index (χ1v) is 18.6. The first kappa shape index (κ1) is 48.6. The van der Waals surface area contributed by atoms with Crippen molar-refractivity contribution < 1.29 is 62.0 Å². The molecule has 53 heavy (non-hydrogen) atoms. The van der Waals surface area contributed by atoms with Crippen molar-refractivity contribution in [3.63, 3.8) is 0 Å². The number of unbranched alkanes of at least 4 members (excludes halogenated alkanes) is 4. The number of amides is 4. The van der Waals surface area contributed by atoms with Gasteiger partial charge in [-0.3, -0.25) is 24.0 Å². The highest BCUT2D eigenvalue weighted by molar-refractivity contribution is 5.92. The fourth-order valence-corrected chi connectivity index (χ4v) is 4.77. The molecule has 0 aliphatic heterocycles. The molecule has 0 radical (unpaired) electrons. The van der Waals surface area contributed by atoms with Gasteiger partial charge in [0, 0.05) is 32.2 Å². The second kappa shape index (κ2) is 28.1. The maximum atomic E-state index is 13.5. The Hall–Kier alpha value is -4.44. The van der Waals surface area contributed by atoms with Gasteiger partial charge < -0.3 is 45.0 Å². The maximum Gasteiger partial charge on any atom is 0.407 e. The van der Waals surface area contributed by atoms with Gasteiger partial charge in [-0.1, -0.05) is 19.3 Å². The Balaban J connectivity index is 5.50. The minimum absolute atomic E-state index is 0.0169. The number of hydrogen-bond donors (Lipinski definition) is 4. The minimum atomic E-state index is -1.27. The largest absolute Gasteiger partial charge is 0.466 e. The van der Waals surface area contributed by atoms with Crippen LogP contribution in [-0.2, 0) is 57.2 Å². The number of hydrogen-bond acceptors (Lipinski definition) is 13. The fraction of sp³-hybridized carbons (Fsp3) is 0.778. The minimum Gasteiger partial charge on any atom is -0.466 e. The highest BCUT2D eigenvalue weighted by Gasteiger charge is 2.30. The van der Waals surface area contributed by atoms with Gasteiger partial charge in [-0.2, -0.15) is 0 Å². The molecule has 0 aromatic heterocycles. The molecule has 17 nitrogen and oxygen atoms in total. The van der Waals surface area contributed by atoms with Crippen molar-refractivity contribution in [1.82, 2.24) is 21.3 Å². The van der Waals surface area contributed by atoms with Crippen molar-refractivity contribution in [3.8, 4) is 0 Å². The van der Waals surface area contributed by atoms with Crippen LogP contribution in [0.5, 0.6) is 0 Å². The van der Waals surface area contributed by atoms with E-state index in [1.165, 1.54) is 0 Å². The summed E-state index contributed by atoms with van der Waals surface area (Å²) in [5.41, 5.74) is -0.580. The Morgan fingerprint density at radius 1 is 0.509 bits per heavy atom. The van der Waals surface area contributed by atoms with Crippen LogP contribution in [0.3, 0.4) is 0 Å². The van der Waals surface area contributed by atoms with Crippen molar-refractivity contribution in [3.05, 3.63) is 0 Å². The fourth-order valence-electron chi connectivity index (χ4n) is 4.77. The maximum absolute atomic E-state index is 13.5. The van der Waals surface area contributed by atoms with Gasteiger partial charge in [-0.05, 0) is 80.6 Å². The van der Waals surface area contributed by atoms with E-state index in [4.69, 9.17) is 23.7 Å². The van der Waals surface area contributed by atoms with Crippen LogP contribution in [0.2, 0.25) is 0 Å². The molecule has 3 atom stereocenters. The molecule has 3 unspecified atom stereocenters. The average molecular weight is 759 g/mol. The lowest BCUT2D eigenvalue weighted by Crippen LogP contribution is -2.52. The summed E-state index contributed by atoms with van der Waals surface area (Å²) in [6, 6.07) is -3.66. The Morgan fingerprint density at radius 3 is 1.45 bits per heavy atom. The third-order valence-electron chi connectivity index (χ3n) is 7.24. The molecule has 0 heterocycles. The van der Waals surface area contributed by atoms with Crippen LogP contribution in [0.4, 0.5) is 4.79 Å². The number of carbonyl (C=O) groups excluding carboxylic acids is 8. The van der Waals surface area contributed by atoms with Crippen LogP contribution in [0.25, 0.3) is 0 Å². The summed E-state index contributed by atoms with van der Waals surface area (Å²) in [4.78, 5) is 100. The van der Waals surface area contributed by atoms with E-state index in [9.17, 15) is 38.4 Å². The van der Waals surface area contributed by atoms with Crippen LogP contribution < -0.4 is 21.3 Å². The zero-order valence-electron chi connectivity index (χ0n) is 32.6. The van der Waals surface area contributed by atoms with E-state index in [2.05, 4.69) is 21.3 Å². The van der Waals surface area contributed by atoms with Gasteiger partial charge in [-0.25, -0.2) is 14.4 Å². The number of alkyl carbamates (subject to hydrolysis) is 1. The number of nitrogens with one attached hydrogen (secondary N) is 4. The summed E-state index contributed by atoms with van der Waals surface area (Å²) < 4.78 is 25.1. The zero-order chi connectivity index (χ0) is 40.2. The van der Waals surface area contributed by atoms with Crippen molar-refractivity contribution >= 4 is 47.7 Å². The van der Waals surface area contributed by atoms with Crippen molar-refractivity contribution in [2.24, 2.45) is 0 Å². The SMILES string of the molecule is CCOC(=O)CCC(NC(=O)CCC(NC(=O)CCCCCCCNC(=O)OC(C)(C)C)C(=O)NC(CCC(=O)OCC)C(=O)OCC)C(=O)OCC. The van der Waals surface area contributed by atoms with E-state index < -0.39 is 71.4 Å². The molecule has 0 saturated carbocycles. The molecule has 0 spiro atoms. The molecular weight excluding hydrogens is 696 g/mol. The standard InChI is InChI=1S/C36H62N4O13/c1-8-49-30(43)22-19-26(33(46)51-10-3)39-29(42)21-18-25(32(45)40-27(34(47)52-11-4)20-23-31(44)50-9-2)38-28(41)17-15-13-12-14-16-24-37-35(48)53-36(5,6)7/h25-27H,8-24H2,1-7H3,(H,37,48)(H,38,41)(H,39,42)(H,40,45). The lowest BCUT2D eigenvalue weighted by Gasteiger charge is -2.23. The first-order valence-electron chi connectivity index (χ1n) is 18.6. The van der Waals surface area contributed by atoms with Crippen LogP contribution in [0.1, 0.15) is 126 Å². The summed E-state index contributed by atoms with van der Waals surface area (Å²) in [5, 5.41) is 10.4. The molecule has 4 N–H and O–H groups in total. The molecule has 0 aliphatic carbocycles. The number of esters is 4. The second-order valence-electron chi connectivity index (χ2n) is 13.0. The van der Waals surface area contributed by atoms with Crippen molar-refractivity contribution in [2.75, 3.05) is 33.0 Å². The molecular formula is C36H62N4O13. The van der Waals surface area contributed by atoms with Crippen molar-refractivity contribution in [2.45, 2.75) is 149 Å². The number of ether oxygens (including phenoxy) is 5. The first-order chi connectivity index (χ1) is 25.1. The van der Waals surface area contributed by atoms with Crippen LogP contribution in [-0.4, -0.2) is 104 Å². The van der Waals surface area contributed by atoms with E-state index in [0.29, 0.717) is 19.4 Å². The van der Waals surface area contributed by atoms with Gasteiger partial charge in [0.15, 0.2) is 0 Å². The van der Waals surface area contributed by atoms with Crippen LogP contribution in [0.15, 0.2) is 0 Å². The lowest BCUT2D eigenvalue weighted by molar-refractivity contribution is -0.149. The number of carbonyl (C=O) groups is 8. The van der Waals surface area contributed by atoms with E-state index in [0.717, 1.165) is 19.3 Å². The normalized spacial score (nSPS) is 12.6. The van der Waals surface area contributed by atoms with Crippen LogP contribution >= 0.6 is 0 Å². The van der Waals surface area contributed by atoms with Gasteiger partial charge in [0.2, 0.25) is 17.7 Å². The Bertz CT molecular complexity index is 1170. The molecule has 0 aliphatic rings. The van der Waals surface area contributed by atoms with Gasteiger partial charge in [0.25, 0.3) is 0 Å². The predicted molar refractivity (Wildman–Crippen MR) is 192 cm³/mol. The monoisotopic (exact) mass is 758 g/mol. The average Bonchev–Trinajstić information content (AvgIpc) is 3.07. The molecule has 4 amide bonds. The van der Waals surface area contributed by atoms with E-state index in [1.807, 2.05) is 0 Å². The summed E-state index contributed by atoms with van der Waals surface area (Å²) in [5.74, 6) is -4.55. The highest BCUT2D eigenvalue weighted by Crippen LogP contribution is 2.10. The number of rotatable bonds is 27. The van der Waals surface area contributed by atoms with E-state index in [1.54, 1.807) is 48.5 Å². The molecule has 0 bridgehead atoms. The smallest absolute Gasteiger partial charge is 0.407 e. The van der Waals surface area contributed by atoms with Gasteiger partial charge in [0.1, 0.15) is 23.7 Å². The molecule has 0 aromatic rings. The molecule has 17 heteroatoms. The molecule has 0 fully saturated rings. The topological polar surface area (TPSA) is 231 Å². The third-order valence-corrected chi connectivity index (χ3v) is 7.24. The molecule has 0 rings (SSSR count). The predicted octanol–water partition coefficient (Wildman–Crippen LogP) is 2.90.